The van der Waals surface area contributed by atoms with Crippen molar-refractivity contribution < 1.29 is 14.3 Å². The smallest absolute Gasteiger partial charge is 0.345 e. The van der Waals surface area contributed by atoms with Crippen LogP contribution in [0.25, 0.3) is 11.4 Å². The van der Waals surface area contributed by atoms with Crippen molar-refractivity contribution in [1.82, 2.24) is 9.97 Å². The van der Waals surface area contributed by atoms with E-state index in [1.165, 1.54) is 12.1 Å². The first-order valence-electron chi connectivity index (χ1n) is 6.19. The molecule has 0 aliphatic carbocycles. The highest BCUT2D eigenvalue weighted by atomic mass is 16.5. The number of hydrogen-bond acceptors (Lipinski definition) is 5. The average Bonchev–Trinajstić information content (AvgIpc) is 2.47. The highest BCUT2D eigenvalue weighted by Gasteiger charge is 2.13. The quantitative estimate of drug-likeness (QED) is 0.804. The largest absolute Gasteiger partial charge is 0.462 e. The number of aromatic amines is 1. The van der Waals surface area contributed by atoms with Crippen molar-refractivity contribution in [3.63, 3.8) is 0 Å². The number of esters is 1. The molecule has 0 fully saturated rings. The lowest BCUT2D eigenvalue weighted by Gasteiger charge is -2.04. The van der Waals surface area contributed by atoms with E-state index in [1.54, 1.807) is 19.1 Å². The van der Waals surface area contributed by atoms with Crippen molar-refractivity contribution in [3.8, 4) is 11.4 Å². The predicted molar refractivity (Wildman–Crippen MR) is 74.8 cm³/mol. The summed E-state index contributed by atoms with van der Waals surface area (Å²) < 4.78 is 4.75. The number of benzene rings is 1. The standard InChI is InChI=1S/C14H13N3O4/c1-2-21-14(20)10-7-16-12(17-13(10)19)9-5-3-8(4-6-9)11(15)18/h3-7H,2H2,1H3,(H2,15,18)(H,16,17,19). The highest BCUT2D eigenvalue weighted by molar-refractivity contribution is 5.93. The third-order valence-corrected chi connectivity index (χ3v) is 2.74. The Morgan fingerprint density at radius 1 is 1.29 bits per heavy atom. The van der Waals surface area contributed by atoms with Crippen LogP contribution in [-0.4, -0.2) is 28.5 Å². The first-order valence-corrected chi connectivity index (χ1v) is 6.19. The summed E-state index contributed by atoms with van der Waals surface area (Å²) in [6.45, 7) is 1.82. The maximum absolute atomic E-state index is 11.8. The molecule has 2 aromatic rings. The van der Waals surface area contributed by atoms with Gasteiger partial charge in [0.2, 0.25) is 5.91 Å². The second-order valence-corrected chi connectivity index (χ2v) is 4.14. The van der Waals surface area contributed by atoms with E-state index in [4.69, 9.17) is 10.5 Å². The van der Waals surface area contributed by atoms with Gasteiger partial charge in [-0.25, -0.2) is 9.78 Å². The zero-order chi connectivity index (χ0) is 15.4. The summed E-state index contributed by atoms with van der Waals surface area (Å²) in [5.74, 6) is -0.980. The Kier molecular flexibility index (Phi) is 4.13. The van der Waals surface area contributed by atoms with Gasteiger partial charge in [0.1, 0.15) is 11.4 Å². The normalized spacial score (nSPS) is 10.1. The van der Waals surface area contributed by atoms with Crippen molar-refractivity contribution in [3.05, 3.63) is 51.9 Å². The summed E-state index contributed by atoms with van der Waals surface area (Å²) in [6, 6.07) is 6.25. The Balaban J connectivity index is 2.33. The molecule has 1 heterocycles. The number of primary amides is 1. The molecule has 7 heteroatoms. The monoisotopic (exact) mass is 287 g/mol. The molecule has 2 rings (SSSR count). The maximum atomic E-state index is 11.8. The third kappa shape index (κ3) is 3.14. The number of nitrogens with one attached hydrogen (secondary N) is 1. The van der Waals surface area contributed by atoms with Gasteiger partial charge in [0, 0.05) is 17.3 Å². The molecular formula is C14H13N3O4. The number of rotatable bonds is 4. The lowest BCUT2D eigenvalue weighted by molar-refractivity contribution is 0.0523. The number of carbonyl (C=O) groups is 2. The van der Waals surface area contributed by atoms with E-state index in [0.717, 1.165) is 6.20 Å². The molecule has 1 amide bonds. The van der Waals surface area contributed by atoms with Crippen molar-refractivity contribution in [2.45, 2.75) is 6.92 Å². The number of hydrogen-bond donors (Lipinski definition) is 2. The summed E-state index contributed by atoms with van der Waals surface area (Å²) in [6.07, 6.45) is 1.16. The fourth-order valence-electron chi connectivity index (χ4n) is 1.69. The summed E-state index contributed by atoms with van der Waals surface area (Å²) in [5.41, 5.74) is 5.34. The molecule has 0 spiro atoms. The van der Waals surface area contributed by atoms with Gasteiger partial charge >= 0.3 is 5.97 Å². The van der Waals surface area contributed by atoms with Crippen molar-refractivity contribution in [2.24, 2.45) is 5.73 Å². The number of nitrogens with zero attached hydrogens (tertiary/aromatic N) is 1. The Morgan fingerprint density at radius 2 is 1.95 bits per heavy atom. The molecule has 1 aromatic heterocycles. The third-order valence-electron chi connectivity index (χ3n) is 2.74. The average molecular weight is 287 g/mol. The minimum absolute atomic E-state index is 0.158. The molecule has 0 bridgehead atoms. The van der Waals surface area contributed by atoms with Crippen molar-refractivity contribution in [2.75, 3.05) is 6.61 Å². The van der Waals surface area contributed by atoms with Gasteiger partial charge in [-0.2, -0.15) is 0 Å². The summed E-state index contributed by atoms with van der Waals surface area (Å²) >= 11 is 0. The molecule has 0 radical (unpaired) electrons. The van der Waals surface area contributed by atoms with Gasteiger partial charge in [0.25, 0.3) is 5.56 Å². The second kappa shape index (κ2) is 6.00. The molecule has 7 nitrogen and oxygen atoms in total. The number of aromatic nitrogens is 2. The lowest BCUT2D eigenvalue weighted by atomic mass is 10.1. The van der Waals surface area contributed by atoms with E-state index >= 15 is 0 Å². The fraction of sp³-hybridized carbons (Fsp3) is 0.143. The van der Waals surface area contributed by atoms with Crippen LogP contribution in [-0.2, 0) is 4.74 Å². The van der Waals surface area contributed by atoms with E-state index < -0.39 is 17.4 Å². The molecule has 21 heavy (non-hydrogen) atoms. The SMILES string of the molecule is CCOC(=O)c1cnc(-c2ccc(C(N)=O)cc2)[nH]c1=O. The number of amides is 1. The van der Waals surface area contributed by atoms with Gasteiger partial charge in [-0.15, -0.1) is 0 Å². The van der Waals surface area contributed by atoms with Gasteiger partial charge in [-0.1, -0.05) is 12.1 Å². The summed E-state index contributed by atoms with van der Waals surface area (Å²) in [7, 11) is 0. The fourth-order valence-corrected chi connectivity index (χ4v) is 1.69. The minimum atomic E-state index is -0.720. The summed E-state index contributed by atoms with van der Waals surface area (Å²) in [5, 5.41) is 0. The van der Waals surface area contributed by atoms with E-state index in [1.807, 2.05) is 0 Å². The minimum Gasteiger partial charge on any atom is -0.462 e. The zero-order valence-electron chi connectivity index (χ0n) is 11.3. The van der Waals surface area contributed by atoms with Gasteiger partial charge < -0.3 is 15.5 Å². The molecule has 0 atom stereocenters. The predicted octanol–water partition coefficient (Wildman–Crippen LogP) is 0.713. The molecular weight excluding hydrogens is 274 g/mol. The van der Waals surface area contributed by atoms with Crippen LogP contribution in [0.1, 0.15) is 27.6 Å². The molecule has 0 aliphatic rings. The lowest BCUT2D eigenvalue weighted by Crippen LogP contribution is -2.21. The number of nitrogens with two attached hydrogens (primary N) is 1. The van der Waals surface area contributed by atoms with Gasteiger partial charge in [0.15, 0.2) is 0 Å². The van der Waals surface area contributed by atoms with Crippen LogP contribution < -0.4 is 11.3 Å². The van der Waals surface area contributed by atoms with Crippen LogP contribution >= 0.6 is 0 Å². The number of ether oxygens (including phenoxy) is 1. The molecule has 108 valence electrons. The molecule has 0 saturated heterocycles. The maximum Gasteiger partial charge on any atom is 0.345 e. The molecule has 3 N–H and O–H groups in total. The Bertz CT molecular complexity index is 735. The number of H-pyrrole nitrogens is 1. The summed E-state index contributed by atoms with van der Waals surface area (Å²) in [4.78, 5) is 40.8. The molecule has 0 aliphatic heterocycles. The first-order chi connectivity index (χ1) is 10.0. The van der Waals surface area contributed by atoms with E-state index in [0.29, 0.717) is 11.1 Å². The Hall–Kier alpha value is -2.96. The Labute approximate surface area is 119 Å². The molecule has 1 aromatic carbocycles. The Morgan fingerprint density at radius 3 is 2.48 bits per heavy atom. The van der Waals surface area contributed by atoms with Crippen molar-refractivity contribution >= 4 is 11.9 Å². The van der Waals surface area contributed by atoms with Crippen molar-refractivity contribution in [1.29, 1.82) is 0 Å². The van der Waals surface area contributed by atoms with Crippen LogP contribution in [0.5, 0.6) is 0 Å². The highest BCUT2D eigenvalue weighted by Crippen LogP contribution is 2.14. The molecule has 0 saturated carbocycles. The van der Waals surface area contributed by atoms with Gasteiger partial charge in [-0.3, -0.25) is 9.59 Å². The van der Waals surface area contributed by atoms with E-state index in [2.05, 4.69) is 9.97 Å². The van der Waals surface area contributed by atoms with Crippen LogP contribution in [0.2, 0.25) is 0 Å². The topological polar surface area (TPSA) is 115 Å². The van der Waals surface area contributed by atoms with E-state index in [9.17, 15) is 14.4 Å². The van der Waals surface area contributed by atoms with E-state index in [-0.39, 0.29) is 18.0 Å². The van der Waals surface area contributed by atoms with Gasteiger partial charge in [0.05, 0.1) is 6.61 Å². The van der Waals surface area contributed by atoms with Crippen LogP contribution in [0.15, 0.2) is 35.3 Å². The first kappa shape index (κ1) is 14.4. The van der Waals surface area contributed by atoms with Crippen LogP contribution in [0, 0.1) is 0 Å². The van der Waals surface area contributed by atoms with Crippen LogP contribution in [0.3, 0.4) is 0 Å². The zero-order valence-corrected chi connectivity index (χ0v) is 11.3. The molecule has 0 unspecified atom stereocenters. The number of carbonyl (C=O) groups excluding carboxylic acids is 2. The van der Waals surface area contributed by atoms with Crippen LogP contribution in [0.4, 0.5) is 0 Å². The second-order valence-electron chi connectivity index (χ2n) is 4.14. The van der Waals surface area contributed by atoms with Gasteiger partial charge in [-0.05, 0) is 19.1 Å².